The van der Waals surface area contributed by atoms with Crippen LogP contribution < -0.4 is 10.6 Å². The highest BCUT2D eigenvalue weighted by Gasteiger charge is 2.08. The van der Waals surface area contributed by atoms with E-state index in [4.69, 9.17) is 9.84 Å². The molecule has 0 fully saturated rings. The molecule has 2 aromatic rings. The molecule has 156 valence electrons. The number of benzene rings is 1. The number of guanidine groups is 1. The first-order chi connectivity index (χ1) is 13.2. The summed E-state index contributed by atoms with van der Waals surface area (Å²) in [5.74, 6) is 1.70. The maximum Gasteiger partial charge on any atom is 0.191 e. The van der Waals surface area contributed by atoms with Crippen molar-refractivity contribution in [1.29, 1.82) is 0 Å². The molecule has 9 heteroatoms. The zero-order valence-electron chi connectivity index (χ0n) is 16.5. The molecule has 1 heterocycles. The molecular weight excluding hydrogens is 471 g/mol. The minimum Gasteiger partial charge on any atom is -0.394 e. The van der Waals surface area contributed by atoms with E-state index in [1.165, 1.54) is 5.56 Å². The van der Waals surface area contributed by atoms with Crippen LogP contribution in [0.5, 0.6) is 0 Å². The highest BCUT2D eigenvalue weighted by molar-refractivity contribution is 14.0. The van der Waals surface area contributed by atoms with E-state index in [-0.39, 0.29) is 36.6 Å². The molecule has 2 rings (SSSR count). The van der Waals surface area contributed by atoms with Gasteiger partial charge in [0.05, 0.1) is 32.4 Å². The summed E-state index contributed by atoms with van der Waals surface area (Å²) in [4.78, 5) is 4.57. The zero-order chi connectivity index (χ0) is 19.3. The van der Waals surface area contributed by atoms with Crippen molar-refractivity contribution in [1.82, 2.24) is 25.4 Å². The average molecular weight is 502 g/mol. The van der Waals surface area contributed by atoms with Crippen LogP contribution in [0.2, 0.25) is 0 Å². The lowest BCUT2D eigenvalue weighted by Crippen LogP contribution is -2.40. The van der Waals surface area contributed by atoms with Gasteiger partial charge in [0.15, 0.2) is 5.96 Å². The number of aliphatic hydroxyl groups is 1. The van der Waals surface area contributed by atoms with Crippen LogP contribution in [0, 0.1) is 0 Å². The summed E-state index contributed by atoms with van der Waals surface area (Å²) in [6.45, 7) is 6.98. The number of halogens is 1. The van der Waals surface area contributed by atoms with E-state index in [1.807, 2.05) is 22.8 Å². The third-order valence-electron chi connectivity index (χ3n) is 4.05. The third kappa shape index (κ3) is 8.53. The van der Waals surface area contributed by atoms with Crippen molar-refractivity contribution in [3.8, 4) is 0 Å². The Hall–Kier alpha value is -1.72. The molecule has 0 amide bonds. The molecule has 0 aliphatic heterocycles. The number of nitrogens with zero attached hydrogens (tertiary/aromatic N) is 4. The van der Waals surface area contributed by atoms with E-state index in [1.54, 1.807) is 6.33 Å². The molecule has 1 aromatic carbocycles. The fraction of sp³-hybridized carbons (Fsp3) is 0.526. The summed E-state index contributed by atoms with van der Waals surface area (Å²) in [6.07, 6.45) is 2.60. The van der Waals surface area contributed by atoms with Crippen molar-refractivity contribution in [3.63, 3.8) is 0 Å². The average Bonchev–Trinajstić information content (AvgIpc) is 3.15. The van der Waals surface area contributed by atoms with E-state index in [0.29, 0.717) is 26.3 Å². The first-order valence-electron chi connectivity index (χ1n) is 9.39. The van der Waals surface area contributed by atoms with E-state index < -0.39 is 0 Å². The van der Waals surface area contributed by atoms with Gasteiger partial charge in [-0.3, -0.25) is 4.99 Å². The summed E-state index contributed by atoms with van der Waals surface area (Å²) in [5.41, 5.74) is 1.19. The monoisotopic (exact) mass is 502 g/mol. The molecular formula is C19H31IN6O2. The molecule has 1 aromatic heterocycles. The molecule has 8 nitrogen and oxygen atoms in total. The molecule has 0 radical (unpaired) electrons. The Kier molecular flexibility index (Phi) is 12.4. The van der Waals surface area contributed by atoms with Gasteiger partial charge in [-0.2, -0.15) is 0 Å². The lowest BCUT2D eigenvalue weighted by molar-refractivity contribution is 0.0977. The Morgan fingerprint density at radius 1 is 1.29 bits per heavy atom. The second-order valence-electron chi connectivity index (χ2n) is 6.06. The van der Waals surface area contributed by atoms with Crippen LogP contribution in [0.25, 0.3) is 0 Å². The minimum atomic E-state index is 0. The highest BCUT2D eigenvalue weighted by Crippen LogP contribution is 2.10. The summed E-state index contributed by atoms with van der Waals surface area (Å²) in [7, 11) is 0. The molecule has 0 saturated heterocycles. The van der Waals surface area contributed by atoms with Gasteiger partial charge in [0, 0.05) is 19.5 Å². The molecule has 0 bridgehead atoms. The van der Waals surface area contributed by atoms with E-state index >= 15 is 0 Å². The topological polar surface area (TPSA) is 96.6 Å². The largest absolute Gasteiger partial charge is 0.394 e. The van der Waals surface area contributed by atoms with Crippen LogP contribution >= 0.6 is 24.0 Å². The molecule has 1 unspecified atom stereocenters. The quantitative estimate of drug-likeness (QED) is 0.188. The van der Waals surface area contributed by atoms with E-state index in [0.717, 1.165) is 24.7 Å². The van der Waals surface area contributed by atoms with Gasteiger partial charge >= 0.3 is 0 Å². The molecule has 0 aliphatic carbocycles. The summed E-state index contributed by atoms with van der Waals surface area (Å²) in [6, 6.07) is 10.4. The van der Waals surface area contributed by atoms with Crippen molar-refractivity contribution in [2.24, 2.45) is 4.99 Å². The van der Waals surface area contributed by atoms with Gasteiger partial charge in [0.25, 0.3) is 0 Å². The van der Waals surface area contributed by atoms with Crippen molar-refractivity contribution >= 4 is 29.9 Å². The molecule has 1 atom stereocenters. The van der Waals surface area contributed by atoms with E-state index in [9.17, 15) is 0 Å². The zero-order valence-corrected chi connectivity index (χ0v) is 18.9. The number of hydrogen-bond donors (Lipinski definition) is 3. The number of aryl methyl sites for hydroxylation is 1. The van der Waals surface area contributed by atoms with Crippen molar-refractivity contribution in [3.05, 3.63) is 48.0 Å². The minimum absolute atomic E-state index is 0. The Morgan fingerprint density at radius 2 is 2.07 bits per heavy atom. The van der Waals surface area contributed by atoms with Gasteiger partial charge in [-0.1, -0.05) is 37.3 Å². The van der Waals surface area contributed by atoms with Gasteiger partial charge < -0.3 is 25.0 Å². The predicted octanol–water partition coefficient (Wildman–Crippen LogP) is 1.76. The van der Waals surface area contributed by atoms with Crippen molar-refractivity contribution in [2.45, 2.75) is 32.9 Å². The van der Waals surface area contributed by atoms with Gasteiger partial charge in [0.1, 0.15) is 12.2 Å². The molecule has 3 N–H and O–H groups in total. The summed E-state index contributed by atoms with van der Waals surface area (Å²) >= 11 is 0. The molecule has 0 spiro atoms. The van der Waals surface area contributed by atoms with E-state index in [2.05, 4.69) is 51.8 Å². The number of nitrogens with one attached hydrogen (secondary N) is 2. The highest BCUT2D eigenvalue weighted by atomic mass is 127. The molecule has 0 saturated carbocycles. The smallest absolute Gasteiger partial charge is 0.191 e. The second-order valence-corrected chi connectivity index (χ2v) is 6.06. The Morgan fingerprint density at radius 3 is 2.79 bits per heavy atom. The maximum absolute atomic E-state index is 8.77. The van der Waals surface area contributed by atoms with Crippen molar-refractivity contribution < 1.29 is 9.84 Å². The Balaban J connectivity index is 0.00000392. The standard InChI is InChI=1S/C19H30N6O2.HI/c1-3-18-24-22-15-25(18)11-9-20-19(21-10-13-27-14-12-26)23-16(2)17-7-5-4-6-8-17;/h4-8,15-16,26H,3,9-14H2,1-2H3,(H2,20,21,23);1H. The van der Waals surface area contributed by atoms with Crippen molar-refractivity contribution in [2.75, 3.05) is 32.9 Å². The number of ether oxygens (including phenoxy) is 1. The van der Waals surface area contributed by atoms with Gasteiger partial charge in [-0.15, -0.1) is 34.2 Å². The maximum atomic E-state index is 8.77. The number of aromatic nitrogens is 3. The Labute approximate surface area is 183 Å². The summed E-state index contributed by atoms with van der Waals surface area (Å²) < 4.78 is 7.32. The van der Waals surface area contributed by atoms with Crippen LogP contribution in [-0.2, 0) is 17.7 Å². The van der Waals surface area contributed by atoms with Gasteiger partial charge in [0.2, 0.25) is 0 Å². The number of aliphatic hydroxyl groups excluding tert-OH is 1. The molecule has 0 aliphatic rings. The summed E-state index contributed by atoms with van der Waals surface area (Å²) in [5, 5.41) is 23.6. The first-order valence-corrected chi connectivity index (χ1v) is 9.39. The lowest BCUT2D eigenvalue weighted by atomic mass is 10.1. The first kappa shape index (κ1) is 24.3. The molecule has 28 heavy (non-hydrogen) atoms. The number of hydrogen-bond acceptors (Lipinski definition) is 5. The lowest BCUT2D eigenvalue weighted by Gasteiger charge is -2.19. The fourth-order valence-electron chi connectivity index (χ4n) is 2.61. The van der Waals surface area contributed by atoms with Crippen LogP contribution in [0.15, 0.2) is 41.7 Å². The Bertz CT molecular complexity index is 680. The van der Waals surface area contributed by atoms with Gasteiger partial charge in [-0.25, -0.2) is 0 Å². The number of rotatable bonds is 11. The number of aliphatic imine (C=N–C) groups is 1. The van der Waals surface area contributed by atoms with Crippen LogP contribution in [0.3, 0.4) is 0 Å². The SMILES string of the molecule is CCc1nncn1CCNC(=NCCOCCO)NC(C)c1ccccc1.I. The van der Waals surface area contributed by atoms with Crippen LogP contribution in [0.1, 0.15) is 31.3 Å². The van der Waals surface area contributed by atoms with Crippen LogP contribution in [-0.4, -0.2) is 58.7 Å². The normalized spacial score (nSPS) is 12.3. The van der Waals surface area contributed by atoms with Gasteiger partial charge in [-0.05, 0) is 12.5 Å². The fourth-order valence-corrected chi connectivity index (χ4v) is 2.61. The predicted molar refractivity (Wildman–Crippen MR) is 121 cm³/mol. The van der Waals surface area contributed by atoms with Crippen LogP contribution in [0.4, 0.5) is 0 Å². The third-order valence-corrected chi connectivity index (χ3v) is 4.05. The second kappa shape index (κ2) is 14.3.